The van der Waals surface area contributed by atoms with E-state index in [-0.39, 0.29) is 18.1 Å². The van der Waals surface area contributed by atoms with E-state index < -0.39 is 6.10 Å². The van der Waals surface area contributed by atoms with E-state index in [1.54, 1.807) is 6.07 Å². The van der Waals surface area contributed by atoms with Crippen LogP contribution in [0.3, 0.4) is 0 Å². The highest BCUT2D eigenvalue weighted by atomic mass is 79.9. The van der Waals surface area contributed by atoms with Gasteiger partial charge in [-0.3, -0.25) is 0 Å². The summed E-state index contributed by atoms with van der Waals surface area (Å²) in [4.78, 5) is 0. The first-order valence-electron chi connectivity index (χ1n) is 5.53. The fraction of sp³-hybridized carbons (Fsp3) is 0.143. The van der Waals surface area contributed by atoms with Crippen molar-refractivity contribution in [3.8, 4) is 0 Å². The third kappa shape index (κ3) is 3.84. The van der Waals surface area contributed by atoms with Gasteiger partial charge in [0.2, 0.25) is 0 Å². The van der Waals surface area contributed by atoms with Crippen LogP contribution in [0, 0.1) is 11.6 Å². The first kappa shape index (κ1) is 14.6. The number of hydrogen-bond acceptors (Lipinski definition) is 1. The van der Waals surface area contributed by atoms with E-state index in [4.69, 9.17) is 0 Å². The van der Waals surface area contributed by atoms with Crippen LogP contribution in [0.5, 0.6) is 0 Å². The Morgan fingerprint density at radius 2 is 1.74 bits per heavy atom. The molecule has 0 saturated heterocycles. The van der Waals surface area contributed by atoms with Crippen LogP contribution in [-0.4, -0.2) is 5.11 Å². The van der Waals surface area contributed by atoms with E-state index in [9.17, 15) is 13.9 Å². The van der Waals surface area contributed by atoms with E-state index >= 15 is 0 Å². The van der Waals surface area contributed by atoms with Gasteiger partial charge in [-0.25, -0.2) is 8.78 Å². The molecule has 2 aromatic carbocycles. The Hall–Kier alpha value is -0.780. The van der Waals surface area contributed by atoms with Crippen LogP contribution in [0.2, 0.25) is 0 Å². The number of rotatable bonds is 3. The van der Waals surface area contributed by atoms with Crippen molar-refractivity contribution >= 4 is 31.9 Å². The zero-order valence-corrected chi connectivity index (χ0v) is 12.9. The molecule has 0 saturated carbocycles. The van der Waals surface area contributed by atoms with Crippen molar-refractivity contribution in [1.29, 1.82) is 0 Å². The molecule has 0 heterocycles. The van der Waals surface area contributed by atoms with Crippen molar-refractivity contribution in [2.24, 2.45) is 0 Å². The van der Waals surface area contributed by atoms with E-state index in [1.807, 2.05) is 0 Å². The molecule has 2 aromatic rings. The number of aliphatic hydroxyl groups is 1. The number of halogens is 4. The van der Waals surface area contributed by atoms with Crippen molar-refractivity contribution in [2.45, 2.75) is 12.5 Å². The lowest BCUT2D eigenvalue weighted by Gasteiger charge is -2.13. The molecule has 0 aliphatic heterocycles. The monoisotopic (exact) mass is 390 g/mol. The number of aliphatic hydroxyl groups excluding tert-OH is 1. The van der Waals surface area contributed by atoms with Crippen LogP contribution in [0.25, 0.3) is 0 Å². The summed E-state index contributed by atoms with van der Waals surface area (Å²) < 4.78 is 27.3. The third-order valence-electron chi connectivity index (χ3n) is 2.67. The van der Waals surface area contributed by atoms with Crippen LogP contribution >= 0.6 is 31.9 Å². The largest absolute Gasteiger partial charge is 0.388 e. The van der Waals surface area contributed by atoms with Crippen molar-refractivity contribution < 1.29 is 13.9 Å². The Kier molecular flexibility index (Phi) is 4.71. The van der Waals surface area contributed by atoms with Gasteiger partial charge in [0.1, 0.15) is 11.6 Å². The van der Waals surface area contributed by atoms with Crippen molar-refractivity contribution in [1.82, 2.24) is 0 Å². The molecule has 1 unspecified atom stereocenters. The maximum absolute atomic E-state index is 13.2. The molecule has 2 rings (SSSR count). The van der Waals surface area contributed by atoms with Crippen LogP contribution in [0.4, 0.5) is 8.78 Å². The van der Waals surface area contributed by atoms with E-state index in [2.05, 4.69) is 31.9 Å². The predicted octanol–water partition coefficient (Wildman–Crippen LogP) is 4.77. The summed E-state index contributed by atoms with van der Waals surface area (Å²) >= 11 is 6.41. The van der Waals surface area contributed by atoms with Crippen LogP contribution < -0.4 is 0 Å². The fourth-order valence-corrected chi connectivity index (χ4v) is 2.96. The van der Waals surface area contributed by atoms with Gasteiger partial charge in [-0.05, 0) is 41.5 Å². The SMILES string of the molecule is OC(Cc1cc(F)cc(Br)c1)c1ccc(F)cc1Br. The fourth-order valence-electron chi connectivity index (χ4n) is 1.83. The molecule has 5 heteroatoms. The third-order valence-corrected chi connectivity index (χ3v) is 3.82. The normalized spacial score (nSPS) is 12.5. The summed E-state index contributed by atoms with van der Waals surface area (Å²) in [5.74, 6) is -0.744. The summed E-state index contributed by atoms with van der Waals surface area (Å²) in [5, 5.41) is 10.1. The number of hydrogen-bond donors (Lipinski definition) is 1. The highest BCUT2D eigenvalue weighted by Crippen LogP contribution is 2.27. The first-order valence-corrected chi connectivity index (χ1v) is 7.12. The minimum Gasteiger partial charge on any atom is -0.388 e. The second kappa shape index (κ2) is 6.11. The maximum atomic E-state index is 13.2. The Morgan fingerprint density at radius 3 is 2.37 bits per heavy atom. The van der Waals surface area contributed by atoms with Gasteiger partial charge in [-0.1, -0.05) is 37.9 Å². The molecule has 19 heavy (non-hydrogen) atoms. The van der Waals surface area contributed by atoms with Gasteiger partial charge >= 0.3 is 0 Å². The zero-order chi connectivity index (χ0) is 14.0. The average molecular weight is 392 g/mol. The van der Waals surface area contributed by atoms with Crippen molar-refractivity contribution in [3.63, 3.8) is 0 Å². The summed E-state index contributed by atoms with van der Waals surface area (Å²) in [6, 6.07) is 8.54. The minimum atomic E-state index is -0.830. The Morgan fingerprint density at radius 1 is 1.00 bits per heavy atom. The molecule has 1 atom stereocenters. The Labute approximate surface area is 126 Å². The molecule has 0 aliphatic carbocycles. The van der Waals surface area contributed by atoms with Gasteiger partial charge in [0.25, 0.3) is 0 Å². The Balaban J connectivity index is 2.22. The quantitative estimate of drug-likeness (QED) is 0.799. The summed E-state index contributed by atoms with van der Waals surface area (Å²) in [6.07, 6.45) is -0.579. The lowest BCUT2D eigenvalue weighted by molar-refractivity contribution is 0.177. The van der Waals surface area contributed by atoms with E-state index in [0.717, 1.165) is 0 Å². The minimum absolute atomic E-state index is 0.251. The lowest BCUT2D eigenvalue weighted by Crippen LogP contribution is -2.03. The molecule has 0 aliphatic rings. The molecular formula is C14H10Br2F2O. The molecule has 1 nitrogen and oxygen atoms in total. The van der Waals surface area contributed by atoms with E-state index in [0.29, 0.717) is 20.1 Å². The van der Waals surface area contributed by atoms with Gasteiger partial charge in [-0.15, -0.1) is 0 Å². The lowest BCUT2D eigenvalue weighted by atomic mass is 10.0. The Bertz CT molecular complexity index is 582. The topological polar surface area (TPSA) is 20.2 Å². The predicted molar refractivity (Wildman–Crippen MR) is 76.9 cm³/mol. The maximum Gasteiger partial charge on any atom is 0.124 e. The first-order chi connectivity index (χ1) is 8.95. The van der Waals surface area contributed by atoms with Crippen LogP contribution in [0.1, 0.15) is 17.2 Å². The molecular weight excluding hydrogens is 382 g/mol. The van der Waals surface area contributed by atoms with Crippen molar-refractivity contribution in [3.05, 3.63) is 68.1 Å². The highest BCUT2D eigenvalue weighted by molar-refractivity contribution is 9.10. The summed E-state index contributed by atoms with van der Waals surface area (Å²) in [7, 11) is 0. The van der Waals surface area contributed by atoms with Crippen LogP contribution in [0.15, 0.2) is 45.3 Å². The van der Waals surface area contributed by atoms with Crippen molar-refractivity contribution in [2.75, 3.05) is 0 Å². The second-order valence-electron chi connectivity index (χ2n) is 4.16. The smallest absolute Gasteiger partial charge is 0.124 e. The summed E-state index contributed by atoms with van der Waals surface area (Å²) in [6.45, 7) is 0. The highest BCUT2D eigenvalue weighted by Gasteiger charge is 2.13. The molecule has 1 N–H and O–H groups in total. The van der Waals surface area contributed by atoms with Gasteiger partial charge in [0.15, 0.2) is 0 Å². The molecule has 0 spiro atoms. The van der Waals surface area contributed by atoms with Gasteiger partial charge in [-0.2, -0.15) is 0 Å². The zero-order valence-electron chi connectivity index (χ0n) is 9.71. The molecule has 0 aromatic heterocycles. The second-order valence-corrected chi connectivity index (χ2v) is 5.93. The summed E-state index contributed by atoms with van der Waals surface area (Å²) in [5.41, 5.74) is 1.23. The molecule has 0 bridgehead atoms. The van der Waals surface area contributed by atoms with Crippen LogP contribution in [-0.2, 0) is 6.42 Å². The van der Waals surface area contributed by atoms with Gasteiger partial charge < -0.3 is 5.11 Å². The average Bonchev–Trinajstić information content (AvgIpc) is 2.26. The molecule has 0 fully saturated rings. The molecule has 0 amide bonds. The molecule has 0 radical (unpaired) electrons. The van der Waals surface area contributed by atoms with Gasteiger partial charge in [0.05, 0.1) is 6.10 Å². The van der Waals surface area contributed by atoms with Gasteiger partial charge in [0, 0.05) is 15.4 Å². The molecule has 100 valence electrons. The standard InChI is InChI=1S/C14H10Br2F2O/c15-9-3-8(4-11(18)6-9)5-14(19)12-2-1-10(17)7-13(12)16/h1-4,6-7,14,19H,5H2. The van der Waals surface area contributed by atoms with E-state index in [1.165, 1.54) is 30.3 Å². The number of benzene rings is 2.